The third kappa shape index (κ3) is 6.54. The van der Waals surface area contributed by atoms with Gasteiger partial charge in [-0.25, -0.2) is 0 Å². The number of hydrogen-bond donors (Lipinski definition) is 2. The van der Waals surface area contributed by atoms with E-state index in [1.54, 1.807) is 29.6 Å². The highest BCUT2D eigenvalue weighted by Crippen LogP contribution is 2.17. The molecule has 0 fully saturated rings. The molecule has 0 saturated heterocycles. The molecule has 7 heteroatoms. The van der Waals surface area contributed by atoms with Crippen molar-refractivity contribution in [2.75, 3.05) is 25.0 Å². The standard InChI is InChI=1S/C12H15F3N2O2/c1-2-19-10-5-3-4-9(6-10)16-7-11(18)17-8-12(13,14)15/h3-6,16H,2,7-8H2,1H3,(H,17,18). The van der Waals surface area contributed by atoms with Crippen molar-refractivity contribution in [1.29, 1.82) is 0 Å². The molecular weight excluding hydrogens is 261 g/mol. The molecule has 1 amide bonds. The quantitative estimate of drug-likeness (QED) is 0.837. The summed E-state index contributed by atoms with van der Waals surface area (Å²) in [7, 11) is 0. The Kier molecular flexibility index (Phi) is 5.47. The van der Waals surface area contributed by atoms with E-state index in [9.17, 15) is 18.0 Å². The van der Waals surface area contributed by atoms with Crippen molar-refractivity contribution in [3.63, 3.8) is 0 Å². The predicted octanol–water partition coefficient (Wildman–Crippen LogP) is 2.18. The molecular formula is C12H15F3N2O2. The van der Waals surface area contributed by atoms with E-state index < -0.39 is 18.6 Å². The van der Waals surface area contributed by atoms with E-state index in [2.05, 4.69) is 5.32 Å². The zero-order valence-electron chi connectivity index (χ0n) is 10.4. The molecule has 106 valence electrons. The van der Waals surface area contributed by atoms with Crippen molar-refractivity contribution in [2.45, 2.75) is 13.1 Å². The van der Waals surface area contributed by atoms with Crippen molar-refractivity contribution in [3.8, 4) is 5.75 Å². The molecule has 0 saturated carbocycles. The van der Waals surface area contributed by atoms with Crippen molar-refractivity contribution in [1.82, 2.24) is 5.32 Å². The molecule has 0 radical (unpaired) electrons. The maximum Gasteiger partial charge on any atom is 0.405 e. The van der Waals surface area contributed by atoms with E-state index in [0.29, 0.717) is 18.0 Å². The normalized spacial score (nSPS) is 10.9. The van der Waals surface area contributed by atoms with Crippen LogP contribution in [0.3, 0.4) is 0 Å². The summed E-state index contributed by atoms with van der Waals surface area (Å²) in [6, 6.07) is 6.83. The zero-order chi connectivity index (χ0) is 14.3. The maximum absolute atomic E-state index is 11.9. The van der Waals surface area contributed by atoms with Gasteiger partial charge in [0.25, 0.3) is 0 Å². The lowest BCUT2D eigenvalue weighted by Crippen LogP contribution is -2.37. The average Bonchev–Trinajstić information content (AvgIpc) is 2.34. The number of carbonyl (C=O) groups is 1. The lowest BCUT2D eigenvalue weighted by molar-refractivity contribution is -0.137. The van der Waals surface area contributed by atoms with E-state index in [0.717, 1.165) is 0 Å². The summed E-state index contributed by atoms with van der Waals surface area (Å²) < 4.78 is 40.9. The Labute approximate surface area is 108 Å². The SMILES string of the molecule is CCOc1cccc(NCC(=O)NCC(F)(F)F)c1. The summed E-state index contributed by atoms with van der Waals surface area (Å²) in [5, 5.41) is 4.50. The number of benzene rings is 1. The molecule has 0 aromatic heterocycles. The second-order valence-corrected chi connectivity index (χ2v) is 3.71. The first kappa shape index (κ1) is 15.1. The van der Waals surface area contributed by atoms with Gasteiger partial charge in [-0.15, -0.1) is 0 Å². The highest BCUT2D eigenvalue weighted by Gasteiger charge is 2.27. The molecule has 0 bridgehead atoms. The highest BCUT2D eigenvalue weighted by molar-refractivity contribution is 5.80. The van der Waals surface area contributed by atoms with Crippen LogP contribution in [0.2, 0.25) is 0 Å². The van der Waals surface area contributed by atoms with Gasteiger partial charge in [0, 0.05) is 11.8 Å². The number of alkyl halides is 3. The van der Waals surface area contributed by atoms with Crippen LogP contribution in [0, 0.1) is 0 Å². The summed E-state index contributed by atoms with van der Waals surface area (Å²) in [6.07, 6.45) is -4.40. The lowest BCUT2D eigenvalue weighted by atomic mass is 10.3. The van der Waals surface area contributed by atoms with Crippen molar-refractivity contribution in [2.24, 2.45) is 0 Å². The topological polar surface area (TPSA) is 50.4 Å². The molecule has 0 unspecified atom stereocenters. The average molecular weight is 276 g/mol. The smallest absolute Gasteiger partial charge is 0.405 e. The fourth-order valence-electron chi connectivity index (χ4n) is 1.31. The Balaban J connectivity index is 2.39. The van der Waals surface area contributed by atoms with E-state index in [4.69, 9.17) is 4.74 Å². The monoisotopic (exact) mass is 276 g/mol. The number of ether oxygens (including phenoxy) is 1. The second-order valence-electron chi connectivity index (χ2n) is 3.71. The van der Waals surface area contributed by atoms with E-state index >= 15 is 0 Å². The van der Waals surface area contributed by atoms with Crippen molar-refractivity contribution >= 4 is 11.6 Å². The van der Waals surface area contributed by atoms with Crippen LogP contribution in [0.25, 0.3) is 0 Å². The first-order chi connectivity index (χ1) is 8.90. The van der Waals surface area contributed by atoms with E-state index in [-0.39, 0.29) is 6.54 Å². The predicted molar refractivity (Wildman–Crippen MR) is 65.2 cm³/mol. The van der Waals surface area contributed by atoms with Crippen LogP contribution < -0.4 is 15.4 Å². The second kappa shape index (κ2) is 6.86. The van der Waals surface area contributed by atoms with Gasteiger partial charge in [0.1, 0.15) is 12.3 Å². The minimum atomic E-state index is -4.40. The van der Waals surface area contributed by atoms with Gasteiger partial charge in [-0.05, 0) is 19.1 Å². The van der Waals surface area contributed by atoms with Crippen molar-refractivity contribution in [3.05, 3.63) is 24.3 Å². The molecule has 19 heavy (non-hydrogen) atoms. The first-order valence-electron chi connectivity index (χ1n) is 5.71. The van der Waals surface area contributed by atoms with E-state index in [1.165, 1.54) is 0 Å². The largest absolute Gasteiger partial charge is 0.494 e. The van der Waals surface area contributed by atoms with Gasteiger partial charge >= 0.3 is 6.18 Å². The van der Waals surface area contributed by atoms with Gasteiger partial charge in [0.2, 0.25) is 5.91 Å². The number of carbonyl (C=O) groups excluding carboxylic acids is 1. The molecule has 0 aliphatic heterocycles. The number of hydrogen-bond acceptors (Lipinski definition) is 3. The fraction of sp³-hybridized carbons (Fsp3) is 0.417. The van der Waals surface area contributed by atoms with Crippen molar-refractivity contribution < 1.29 is 22.7 Å². The summed E-state index contributed by atoms with van der Waals surface area (Å²) in [5.41, 5.74) is 0.605. The molecule has 1 aromatic rings. The van der Waals surface area contributed by atoms with Crippen LogP contribution in [0.15, 0.2) is 24.3 Å². The summed E-state index contributed by atoms with van der Waals surface area (Å²) >= 11 is 0. The maximum atomic E-state index is 11.9. The molecule has 0 heterocycles. The summed E-state index contributed by atoms with van der Waals surface area (Å²) in [6.45, 7) is 0.790. The van der Waals surface area contributed by atoms with Crippen LogP contribution in [-0.2, 0) is 4.79 Å². The number of anilines is 1. The molecule has 0 aliphatic carbocycles. The molecule has 2 N–H and O–H groups in total. The highest BCUT2D eigenvalue weighted by atomic mass is 19.4. The molecule has 1 rings (SSSR count). The number of amides is 1. The molecule has 0 atom stereocenters. The Morgan fingerprint density at radius 3 is 2.74 bits per heavy atom. The summed E-state index contributed by atoms with van der Waals surface area (Å²) in [5.74, 6) is -0.0951. The Morgan fingerprint density at radius 2 is 2.11 bits per heavy atom. The van der Waals surface area contributed by atoms with Crippen LogP contribution in [0.4, 0.5) is 18.9 Å². The third-order valence-corrected chi connectivity index (χ3v) is 2.08. The number of nitrogens with one attached hydrogen (secondary N) is 2. The van der Waals surface area contributed by atoms with Gasteiger partial charge < -0.3 is 15.4 Å². The van der Waals surface area contributed by atoms with Crippen LogP contribution >= 0.6 is 0 Å². The molecule has 1 aromatic carbocycles. The summed E-state index contributed by atoms with van der Waals surface area (Å²) in [4.78, 5) is 11.2. The fourth-order valence-corrected chi connectivity index (χ4v) is 1.31. The van der Waals surface area contributed by atoms with Crippen LogP contribution in [0.1, 0.15) is 6.92 Å². The zero-order valence-corrected chi connectivity index (χ0v) is 10.4. The Bertz CT molecular complexity index is 422. The number of rotatable bonds is 6. The van der Waals surface area contributed by atoms with Gasteiger partial charge in [0.05, 0.1) is 13.2 Å². The lowest BCUT2D eigenvalue weighted by Gasteiger charge is -2.10. The van der Waals surface area contributed by atoms with E-state index in [1.807, 2.05) is 6.92 Å². The van der Waals surface area contributed by atoms with Crippen LogP contribution in [0.5, 0.6) is 5.75 Å². The van der Waals surface area contributed by atoms with Gasteiger partial charge in [-0.3, -0.25) is 4.79 Å². The van der Waals surface area contributed by atoms with Crippen LogP contribution in [-0.4, -0.2) is 31.8 Å². The van der Waals surface area contributed by atoms with Gasteiger partial charge in [0.15, 0.2) is 0 Å². The molecule has 0 spiro atoms. The Hall–Kier alpha value is -1.92. The molecule has 0 aliphatic rings. The first-order valence-corrected chi connectivity index (χ1v) is 5.71. The van der Waals surface area contributed by atoms with Gasteiger partial charge in [-0.2, -0.15) is 13.2 Å². The third-order valence-electron chi connectivity index (χ3n) is 2.08. The Morgan fingerprint density at radius 1 is 1.37 bits per heavy atom. The molecule has 4 nitrogen and oxygen atoms in total. The van der Waals surface area contributed by atoms with Gasteiger partial charge in [-0.1, -0.05) is 6.07 Å². The minimum absolute atomic E-state index is 0.230. The number of halogens is 3. The minimum Gasteiger partial charge on any atom is -0.494 e.